The van der Waals surface area contributed by atoms with Gasteiger partial charge in [0.25, 0.3) is 0 Å². The number of hydrogen-bond donors (Lipinski definition) is 1. The van der Waals surface area contributed by atoms with Gasteiger partial charge in [0.05, 0.1) is 11.3 Å². The van der Waals surface area contributed by atoms with Gasteiger partial charge in [0.15, 0.2) is 6.79 Å². The fourth-order valence-electron chi connectivity index (χ4n) is 1.16. The number of nitrogens with one attached hydrogen (secondary N) is 1. The maximum atomic E-state index is 11.3. The van der Waals surface area contributed by atoms with Gasteiger partial charge >= 0.3 is 5.97 Å². The van der Waals surface area contributed by atoms with Crippen molar-refractivity contribution in [1.82, 2.24) is 0 Å². The molecule has 1 heterocycles. The Hall–Kier alpha value is -1.55. The van der Waals surface area contributed by atoms with Crippen LogP contribution in [0.2, 0.25) is 0 Å². The standard InChI is InChI=1S/C9H9NO3.H2/c11-9-7-3-1-2-4-8(7)10-5-12-6-13-9;/h1-4,10H,5-6H2;1H. The number of carbonyl (C=O) groups is 1. The predicted molar refractivity (Wildman–Crippen MR) is 48.4 cm³/mol. The molecule has 0 atom stereocenters. The summed E-state index contributed by atoms with van der Waals surface area (Å²) < 4.78 is 9.76. The molecule has 1 N–H and O–H groups in total. The maximum absolute atomic E-state index is 11.3. The number of hydrogen-bond acceptors (Lipinski definition) is 4. The highest BCUT2D eigenvalue weighted by molar-refractivity contribution is 5.95. The van der Waals surface area contributed by atoms with E-state index in [1.165, 1.54) is 0 Å². The maximum Gasteiger partial charge on any atom is 0.342 e. The van der Waals surface area contributed by atoms with E-state index in [2.05, 4.69) is 5.32 Å². The van der Waals surface area contributed by atoms with Crippen LogP contribution in [0.15, 0.2) is 24.3 Å². The van der Waals surface area contributed by atoms with Crippen molar-refractivity contribution in [3.63, 3.8) is 0 Å². The number of cyclic esters (lactones) is 1. The average Bonchev–Trinajstić information content (AvgIpc) is 2.14. The Kier molecular flexibility index (Phi) is 2.14. The summed E-state index contributed by atoms with van der Waals surface area (Å²) in [5.41, 5.74) is 1.29. The van der Waals surface area contributed by atoms with E-state index in [9.17, 15) is 4.79 Å². The van der Waals surface area contributed by atoms with E-state index in [0.717, 1.165) is 5.69 Å². The van der Waals surface area contributed by atoms with Crippen molar-refractivity contribution in [3.8, 4) is 0 Å². The average molecular weight is 181 g/mol. The van der Waals surface area contributed by atoms with Crippen molar-refractivity contribution >= 4 is 11.7 Å². The molecule has 0 amide bonds. The van der Waals surface area contributed by atoms with Crippen molar-refractivity contribution in [2.24, 2.45) is 0 Å². The number of rotatable bonds is 0. The molecule has 1 aromatic rings. The molecule has 0 saturated heterocycles. The van der Waals surface area contributed by atoms with E-state index >= 15 is 0 Å². The minimum atomic E-state index is -0.359. The highest BCUT2D eigenvalue weighted by atomic mass is 16.7. The summed E-state index contributed by atoms with van der Waals surface area (Å²) in [6, 6.07) is 7.17. The largest absolute Gasteiger partial charge is 0.435 e. The van der Waals surface area contributed by atoms with Gasteiger partial charge in [0, 0.05) is 1.43 Å². The molecule has 0 unspecified atom stereocenters. The Balaban J connectivity index is 0.000000980. The van der Waals surface area contributed by atoms with Gasteiger partial charge in [0.1, 0.15) is 6.73 Å². The highest BCUT2D eigenvalue weighted by Crippen LogP contribution is 2.17. The summed E-state index contributed by atoms with van der Waals surface area (Å²) in [6.45, 7) is 0.352. The van der Waals surface area contributed by atoms with Gasteiger partial charge < -0.3 is 14.8 Å². The van der Waals surface area contributed by atoms with Crippen molar-refractivity contribution in [3.05, 3.63) is 29.8 Å². The second-order valence-corrected chi connectivity index (χ2v) is 2.62. The van der Waals surface area contributed by atoms with Crippen LogP contribution in [0.4, 0.5) is 5.69 Å². The zero-order valence-electron chi connectivity index (χ0n) is 6.95. The molecule has 2 rings (SSSR count). The molecule has 0 radical (unpaired) electrons. The molecule has 1 aliphatic rings. The minimum absolute atomic E-state index is 0. The molecule has 4 nitrogen and oxygen atoms in total. The lowest BCUT2D eigenvalue weighted by molar-refractivity contribution is -0.0277. The number of carbonyl (C=O) groups excluding carboxylic acids is 1. The zero-order chi connectivity index (χ0) is 9.10. The summed E-state index contributed by atoms with van der Waals surface area (Å²) in [5.74, 6) is -0.359. The van der Waals surface area contributed by atoms with Crippen molar-refractivity contribution in [2.75, 3.05) is 18.8 Å². The number of esters is 1. The molecule has 0 bridgehead atoms. The molecular weight excluding hydrogens is 170 g/mol. The molecule has 1 aromatic carbocycles. The number of fused-ring (bicyclic) bond motifs is 1. The van der Waals surface area contributed by atoms with Crippen LogP contribution < -0.4 is 5.32 Å². The number of ether oxygens (including phenoxy) is 2. The smallest absolute Gasteiger partial charge is 0.342 e. The molecule has 4 heteroatoms. The van der Waals surface area contributed by atoms with Gasteiger partial charge in [-0.1, -0.05) is 12.1 Å². The topological polar surface area (TPSA) is 47.6 Å². The Bertz CT molecular complexity index is 330. The van der Waals surface area contributed by atoms with Crippen LogP contribution >= 0.6 is 0 Å². The lowest BCUT2D eigenvalue weighted by Gasteiger charge is -2.15. The normalized spacial score (nSPS) is 16.2. The summed E-state index contributed by atoms with van der Waals surface area (Å²) in [6.07, 6.45) is 0. The van der Waals surface area contributed by atoms with Crippen LogP contribution in [0.3, 0.4) is 0 Å². The third-order valence-electron chi connectivity index (χ3n) is 1.79. The molecule has 0 aliphatic carbocycles. The first-order valence-electron chi connectivity index (χ1n) is 3.96. The summed E-state index contributed by atoms with van der Waals surface area (Å²) in [7, 11) is 0. The summed E-state index contributed by atoms with van der Waals surface area (Å²) in [4.78, 5) is 11.3. The number of para-hydroxylation sites is 1. The number of benzene rings is 1. The highest BCUT2D eigenvalue weighted by Gasteiger charge is 2.13. The van der Waals surface area contributed by atoms with E-state index < -0.39 is 0 Å². The molecule has 0 spiro atoms. The van der Waals surface area contributed by atoms with Crippen molar-refractivity contribution in [1.29, 1.82) is 0 Å². The fraction of sp³-hybridized carbons (Fsp3) is 0.222. The van der Waals surface area contributed by atoms with Crippen molar-refractivity contribution < 1.29 is 15.7 Å². The first kappa shape index (κ1) is 8.07. The zero-order valence-corrected chi connectivity index (χ0v) is 6.95. The van der Waals surface area contributed by atoms with Crippen LogP contribution in [0.1, 0.15) is 11.8 Å². The second kappa shape index (κ2) is 3.45. The quantitative estimate of drug-likeness (QED) is 0.615. The van der Waals surface area contributed by atoms with Gasteiger partial charge in [-0.25, -0.2) is 4.79 Å². The van der Waals surface area contributed by atoms with Gasteiger partial charge in [-0.2, -0.15) is 0 Å². The second-order valence-electron chi connectivity index (χ2n) is 2.62. The molecule has 1 aliphatic heterocycles. The molecule has 0 fully saturated rings. The van der Waals surface area contributed by atoms with Crippen LogP contribution in [-0.4, -0.2) is 19.5 Å². The van der Waals surface area contributed by atoms with E-state index in [4.69, 9.17) is 9.47 Å². The molecule has 13 heavy (non-hydrogen) atoms. The number of anilines is 1. The third-order valence-corrected chi connectivity index (χ3v) is 1.79. The van der Waals surface area contributed by atoms with Gasteiger partial charge in [-0.15, -0.1) is 0 Å². The Labute approximate surface area is 76.9 Å². The third kappa shape index (κ3) is 1.62. The Morgan fingerprint density at radius 1 is 1.38 bits per heavy atom. The monoisotopic (exact) mass is 181 g/mol. The van der Waals surface area contributed by atoms with E-state index in [0.29, 0.717) is 12.3 Å². The van der Waals surface area contributed by atoms with Crippen LogP contribution in [0, 0.1) is 0 Å². The van der Waals surface area contributed by atoms with Gasteiger partial charge in [-0.05, 0) is 12.1 Å². The van der Waals surface area contributed by atoms with Crippen LogP contribution in [-0.2, 0) is 9.47 Å². The first-order chi connectivity index (χ1) is 6.38. The molecule has 0 aromatic heterocycles. The van der Waals surface area contributed by atoms with E-state index in [-0.39, 0.29) is 14.2 Å². The molecular formula is C9H11NO3. The predicted octanol–water partition coefficient (Wildman–Crippen LogP) is 1.45. The fourth-order valence-corrected chi connectivity index (χ4v) is 1.16. The molecule has 70 valence electrons. The molecule has 0 saturated carbocycles. The van der Waals surface area contributed by atoms with Crippen LogP contribution in [0.25, 0.3) is 0 Å². The SMILES string of the molecule is O=C1OCOCNc2ccccc21.[HH]. The lowest BCUT2D eigenvalue weighted by Crippen LogP contribution is -2.18. The van der Waals surface area contributed by atoms with E-state index in [1.807, 2.05) is 12.1 Å². The van der Waals surface area contributed by atoms with Gasteiger partial charge in [-0.3, -0.25) is 0 Å². The lowest BCUT2D eigenvalue weighted by atomic mass is 10.2. The first-order valence-corrected chi connectivity index (χ1v) is 3.96. The Morgan fingerprint density at radius 3 is 3.15 bits per heavy atom. The van der Waals surface area contributed by atoms with E-state index in [1.54, 1.807) is 12.1 Å². The van der Waals surface area contributed by atoms with Crippen LogP contribution in [0.5, 0.6) is 0 Å². The van der Waals surface area contributed by atoms with Gasteiger partial charge in [0.2, 0.25) is 0 Å². The minimum Gasteiger partial charge on any atom is -0.435 e. The Morgan fingerprint density at radius 2 is 2.23 bits per heavy atom. The van der Waals surface area contributed by atoms with Crippen molar-refractivity contribution in [2.45, 2.75) is 0 Å². The summed E-state index contributed by atoms with van der Waals surface area (Å²) in [5, 5.41) is 2.97. The summed E-state index contributed by atoms with van der Waals surface area (Å²) >= 11 is 0.